The van der Waals surface area contributed by atoms with Crippen molar-refractivity contribution in [1.82, 2.24) is 25.5 Å². The molecule has 3 aromatic rings. The minimum atomic E-state index is -4.56. The van der Waals surface area contributed by atoms with E-state index >= 15 is 0 Å². The summed E-state index contributed by atoms with van der Waals surface area (Å²) in [6.07, 6.45) is 1.03. The number of anilines is 2. The Morgan fingerprint density at radius 3 is 2.74 bits per heavy atom. The Morgan fingerprint density at radius 1 is 1.06 bits per heavy atom. The molecule has 3 heterocycles. The SMILES string of the molecule is O=C1Cc2nc(-c3ccccc3C(F)(F)F)nc(Nc3n[nH]c4c3CCC=C4)c2CN1. The molecule has 0 saturated heterocycles. The van der Waals surface area contributed by atoms with Gasteiger partial charge in [0.25, 0.3) is 0 Å². The van der Waals surface area contributed by atoms with E-state index in [-0.39, 0.29) is 30.3 Å². The molecule has 1 amide bonds. The minimum absolute atomic E-state index is 0.0326. The first-order valence-electron chi connectivity index (χ1n) is 9.74. The molecule has 0 saturated carbocycles. The maximum Gasteiger partial charge on any atom is 0.417 e. The van der Waals surface area contributed by atoms with Crippen LogP contribution >= 0.6 is 0 Å². The van der Waals surface area contributed by atoms with Crippen LogP contribution in [0.4, 0.5) is 24.8 Å². The first-order chi connectivity index (χ1) is 14.9. The number of allylic oxidation sites excluding steroid dienone is 1. The molecule has 0 spiro atoms. The predicted molar refractivity (Wildman–Crippen MR) is 107 cm³/mol. The molecule has 0 fully saturated rings. The highest BCUT2D eigenvalue weighted by molar-refractivity contribution is 5.82. The first-order valence-corrected chi connectivity index (χ1v) is 9.74. The summed E-state index contributed by atoms with van der Waals surface area (Å²) in [6, 6.07) is 5.15. The van der Waals surface area contributed by atoms with Crippen molar-refractivity contribution in [3.63, 3.8) is 0 Å². The fourth-order valence-electron chi connectivity index (χ4n) is 3.83. The number of carbonyl (C=O) groups is 1. The normalized spacial score (nSPS) is 15.3. The summed E-state index contributed by atoms with van der Waals surface area (Å²) in [5.74, 6) is 0.565. The van der Waals surface area contributed by atoms with E-state index in [2.05, 4.69) is 30.8 Å². The Labute approximate surface area is 174 Å². The number of nitrogens with zero attached hydrogens (tertiary/aromatic N) is 3. The average Bonchev–Trinajstić information content (AvgIpc) is 3.15. The molecule has 0 unspecified atom stereocenters. The van der Waals surface area contributed by atoms with E-state index in [4.69, 9.17) is 0 Å². The summed E-state index contributed by atoms with van der Waals surface area (Å²) in [5.41, 5.74) is 1.93. The minimum Gasteiger partial charge on any atom is -0.351 e. The number of H-pyrrole nitrogens is 1. The Kier molecular flexibility index (Phi) is 4.49. The van der Waals surface area contributed by atoms with E-state index in [1.807, 2.05) is 12.2 Å². The van der Waals surface area contributed by atoms with E-state index in [0.717, 1.165) is 30.2 Å². The average molecular weight is 426 g/mol. The predicted octanol–water partition coefficient (Wildman–Crippen LogP) is 3.76. The van der Waals surface area contributed by atoms with E-state index < -0.39 is 11.7 Å². The van der Waals surface area contributed by atoms with Crippen LogP contribution in [0.25, 0.3) is 17.5 Å². The zero-order valence-electron chi connectivity index (χ0n) is 16.2. The number of fused-ring (bicyclic) bond motifs is 2. The van der Waals surface area contributed by atoms with Gasteiger partial charge in [0.2, 0.25) is 5.91 Å². The number of nitrogens with one attached hydrogen (secondary N) is 3. The number of aromatic amines is 1. The largest absolute Gasteiger partial charge is 0.417 e. The fourth-order valence-corrected chi connectivity index (χ4v) is 3.83. The lowest BCUT2D eigenvalue weighted by molar-refractivity contribution is -0.137. The molecule has 31 heavy (non-hydrogen) atoms. The second-order valence-corrected chi connectivity index (χ2v) is 7.35. The monoisotopic (exact) mass is 426 g/mol. The molecule has 10 heteroatoms. The third-order valence-electron chi connectivity index (χ3n) is 5.34. The standard InChI is InChI=1S/C21H17F3N6O/c22-21(23,24)14-7-3-1-5-11(14)18-26-16-9-17(31)25-10-13(16)19(27-18)28-20-12-6-2-4-8-15(12)29-30-20/h1,3-5,7-8H,2,6,9-10H2,(H,25,31)(H2,26,27,28,29,30). The third kappa shape index (κ3) is 3.54. The topological polar surface area (TPSA) is 95.6 Å². The molecular weight excluding hydrogens is 409 g/mol. The van der Waals surface area contributed by atoms with Gasteiger partial charge in [-0.15, -0.1) is 0 Å². The Morgan fingerprint density at radius 2 is 1.90 bits per heavy atom. The summed E-state index contributed by atoms with van der Waals surface area (Å²) in [7, 11) is 0. The van der Waals surface area contributed by atoms with Crippen LogP contribution in [-0.4, -0.2) is 26.1 Å². The smallest absolute Gasteiger partial charge is 0.351 e. The zero-order chi connectivity index (χ0) is 21.6. The summed E-state index contributed by atoms with van der Waals surface area (Å²) in [5, 5.41) is 13.1. The highest BCUT2D eigenvalue weighted by atomic mass is 19.4. The van der Waals surface area contributed by atoms with Crippen molar-refractivity contribution in [3.05, 3.63) is 58.4 Å². The van der Waals surface area contributed by atoms with Crippen LogP contribution in [0.5, 0.6) is 0 Å². The number of carbonyl (C=O) groups excluding carboxylic acids is 1. The van der Waals surface area contributed by atoms with E-state index in [1.165, 1.54) is 18.2 Å². The first kappa shape index (κ1) is 19.3. The van der Waals surface area contributed by atoms with Gasteiger partial charge in [0, 0.05) is 23.2 Å². The van der Waals surface area contributed by atoms with E-state index in [9.17, 15) is 18.0 Å². The van der Waals surface area contributed by atoms with Crippen molar-refractivity contribution in [2.45, 2.75) is 32.0 Å². The van der Waals surface area contributed by atoms with Gasteiger partial charge < -0.3 is 10.6 Å². The molecular formula is C21H17F3N6O. The third-order valence-corrected chi connectivity index (χ3v) is 5.34. The molecule has 0 bridgehead atoms. The van der Waals surface area contributed by atoms with Crippen LogP contribution in [0.1, 0.15) is 34.5 Å². The second kappa shape index (κ2) is 7.22. The molecule has 158 valence electrons. The van der Waals surface area contributed by atoms with Crippen molar-refractivity contribution in [3.8, 4) is 11.4 Å². The molecule has 2 aliphatic rings. The summed E-state index contributed by atoms with van der Waals surface area (Å²) in [4.78, 5) is 20.7. The van der Waals surface area contributed by atoms with Gasteiger partial charge in [-0.1, -0.05) is 24.3 Å². The Balaban J connectivity index is 1.64. The van der Waals surface area contributed by atoms with Crippen molar-refractivity contribution in [2.75, 3.05) is 5.32 Å². The van der Waals surface area contributed by atoms with Crippen LogP contribution in [0.2, 0.25) is 0 Å². The molecule has 1 aliphatic heterocycles. The number of hydrogen-bond acceptors (Lipinski definition) is 5. The number of rotatable bonds is 3. The number of hydrogen-bond donors (Lipinski definition) is 3. The van der Waals surface area contributed by atoms with Crippen molar-refractivity contribution in [2.24, 2.45) is 0 Å². The van der Waals surface area contributed by atoms with Gasteiger partial charge in [0.1, 0.15) is 5.82 Å². The van der Waals surface area contributed by atoms with Crippen LogP contribution in [0.3, 0.4) is 0 Å². The van der Waals surface area contributed by atoms with Gasteiger partial charge in [-0.2, -0.15) is 18.3 Å². The van der Waals surface area contributed by atoms with Crippen LogP contribution in [-0.2, 0) is 30.4 Å². The van der Waals surface area contributed by atoms with Gasteiger partial charge in [0.05, 0.1) is 23.4 Å². The van der Waals surface area contributed by atoms with Crippen LogP contribution < -0.4 is 10.6 Å². The van der Waals surface area contributed by atoms with Gasteiger partial charge in [-0.3, -0.25) is 9.89 Å². The number of amides is 1. The molecule has 0 atom stereocenters. The van der Waals surface area contributed by atoms with Crippen molar-refractivity contribution < 1.29 is 18.0 Å². The highest BCUT2D eigenvalue weighted by Crippen LogP contribution is 2.37. The lowest BCUT2D eigenvalue weighted by atomic mass is 10.0. The van der Waals surface area contributed by atoms with Crippen LogP contribution in [0.15, 0.2) is 30.3 Å². The van der Waals surface area contributed by atoms with Gasteiger partial charge >= 0.3 is 6.18 Å². The molecule has 3 N–H and O–H groups in total. The highest BCUT2D eigenvalue weighted by Gasteiger charge is 2.35. The van der Waals surface area contributed by atoms with Crippen molar-refractivity contribution >= 4 is 23.6 Å². The molecule has 1 aromatic carbocycles. The molecule has 5 rings (SSSR count). The summed E-state index contributed by atoms with van der Waals surface area (Å²) >= 11 is 0. The molecule has 2 aromatic heterocycles. The van der Waals surface area contributed by atoms with Gasteiger partial charge in [0.15, 0.2) is 11.6 Å². The molecule has 1 aliphatic carbocycles. The van der Waals surface area contributed by atoms with Crippen LogP contribution in [0, 0.1) is 0 Å². The van der Waals surface area contributed by atoms with Gasteiger partial charge in [-0.25, -0.2) is 9.97 Å². The second-order valence-electron chi connectivity index (χ2n) is 7.35. The molecule has 7 nitrogen and oxygen atoms in total. The maximum absolute atomic E-state index is 13.6. The number of halogens is 3. The summed E-state index contributed by atoms with van der Waals surface area (Å²) in [6.45, 7) is 0.185. The Bertz CT molecular complexity index is 1210. The van der Waals surface area contributed by atoms with Gasteiger partial charge in [-0.05, 0) is 25.0 Å². The molecule has 0 radical (unpaired) electrons. The number of alkyl halides is 3. The van der Waals surface area contributed by atoms with Crippen molar-refractivity contribution in [1.29, 1.82) is 0 Å². The number of aromatic nitrogens is 4. The lowest BCUT2D eigenvalue weighted by Gasteiger charge is -2.21. The quantitative estimate of drug-likeness (QED) is 0.593. The maximum atomic E-state index is 13.6. The lowest BCUT2D eigenvalue weighted by Crippen LogP contribution is -2.32. The Hall–Kier alpha value is -3.69. The summed E-state index contributed by atoms with van der Waals surface area (Å²) < 4.78 is 40.7. The zero-order valence-corrected chi connectivity index (χ0v) is 16.2. The van der Waals surface area contributed by atoms with E-state index in [1.54, 1.807) is 0 Å². The van der Waals surface area contributed by atoms with E-state index in [0.29, 0.717) is 22.9 Å². The number of benzene rings is 1. The fraction of sp³-hybridized carbons (Fsp3) is 0.238.